The summed E-state index contributed by atoms with van der Waals surface area (Å²) in [6.45, 7) is 0.753. The van der Waals surface area contributed by atoms with Gasteiger partial charge in [-0.2, -0.15) is 0 Å². The molecule has 1 aromatic heterocycles. The number of anilines is 1. The van der Waals surface area contributed by atoms with Crippen molar-refractivity contribution >= 4 is 55.7 Å². The smallest absolute Gasteiger partial charge is 0.0897 e. The molecule has 0 bridgehead atoms. The normalized spacial score (nSPS) is 24.8. The van der Waals surface area contributed by atoms with E-state index in [0.29, 0.717) is 16.0 Å². The minimum atomic E-state index is 0.0227. The van der Waals surface area contributed by atoms with Crippen molar-refractivity contribution in [3.63, 3.8) is 0 Å². The number of hydrogen-bond acceptors (Lipinski definition) is 2. The van der Waals surface area contributed by atoms with Crippen molar-refractivity contribution in [3.05, 3.63) is 62.2 Å². The van der Waals surface area contributed by atoms with Crippen molar-refractivity contribution < 1.29 is 4.74 Å². The number of aromatic nitrogens is 1. The van der Waals surface area contributed by atoms with Crippen LogP contribution in [0.25, 0.3) is 10.9 Å². The first kappa shape index (κ1) is 16.0. The van der Waals surface area contributed by atoms with E-state index in [1.54, 1.807) is 6.07 Å². The molecule has 0 spiro atoms. The molecule has 0 unspecified atom stereocenters. The highest BCUT2D eigenvalue weighted by Gasteiger charge is 2.43. The van der Waals surface area contributed by atoms with Gasteiger partial charge in [0.15, 0.2) is 0 Å². The van der Waals surface area contributed by atoms with Gasteiger partial charge in [-0.15, -0.1) is 0 Å². The SMILES string of the molecule is Clc1cc(Cl)c2c(c1)[C@H]1OCC[C@H]1[C@@H](c1c[nH]c3ccc(Br)cc13)N2. The van der Waals surface area contributed by atoms with E-state index in [1.165, 1.54) is 10.9 Å². The molecule has 2 aromatic carbocycles. The zero-order chi connectivity index (χ0) is 17.1. The van der Waals surface area contributed by atoms with Crippen molar-refractivity contribution in [3.8, 4) is 0 Å². The lowest BCUT2D eigenvalue weighted by Crippen LogP contribution is -2.29. The highest BCUT2D eigenvalue weighted by atomic mass is 79.9. The van der Waals surface area contributed by atoms with E-state index < -0.39 is 0 Å². The fraction of sp³-hybridized carbons (Fsp3) is 0.263. The van der Waals surface area contributed by atoms with Gasteiger partial charge in [-0.1, -0.05) is 39.1 Å². The Morgan fingerprint density at radius 1 is 1.12 bits per heavy atom. The minimum Gasteiger partial charge on any atom is -0.376 e. The van der Waals surface area contributed by atoms with E-state index >= 15 is 0 Å². The van der Waals surface area contributed by atoms with Gasteiger partial charge in [-0.25, -0.2) is 0 Å². The predicted octanol–water partition coefficient (Wildman–Crippen LogP) is 6.48. The molecule has 5 rings (SSSR count). The summed E-state index contributed by atoms with van der Waals surface area (Å²) in [4.78, 5) is 3.38. The molecular formula is C19H15BrCl2N2O. The van der Waals surface area contributed by atoms with Gasteiger partial charge in [-0.05, 0) is 36.8 Å². The molecule has 1 fully saturated rings. The molecule has 25 heavy (non-hydrogen) atoms. The van der Waals surface area contributed by atoms with Crippen molar-refractivity contribution in [1.29, 1.82) is 0 Å². The Balaban J connectivity index is 1.68. The summed E-state index contributed by atoms with van der Waals surface area (Å²) >= 11 is 16.3. The third-order valence-corrected chi connectivity index (χ3v) is 6.28. The molecule has 1 saturated heterocycles. The molecule has 2 aliphatic heterocycles. The standard InChI is InChI=1S/C19H15BrCl2N2O/c20-9-1-2-16-12(5-9)14(8-23-16)17-11-3-4-25-19(11)13-6-10(21)7-15(22)18(13)24-17/h1-2,5-8,11,17,19,23-24H,3-4H2/t11-,17-,19-/m0/s1. The fourth-order valence-electron chi connectivity index (χ4n) is 4.18. The Kier molecular flexibility index (Phi) is 3.79. The van der Waals surface area contributed by atoms with Gasteiger partial charge in [-0.3, -0.25) is 0 Å². The second-order valence-corrected chi connectivity index (χ2v) is 8.41. The maximum atomic E-state index is 6.49. The Hall–Kier alpha value is -1.20. The Labute approximate surface area is 163 Å². The number of hydrogen-bond donors (Lipinski definition) is 2. The highest BCUT2D eigenvalue weighted by Crippen LogP contribution is 2.53. The molecule has 3 atom stereocenters. The Morgan fingerprint density at radius 3 is 2.88 bits per heavy atom. The van der Waals surface area contributed by atoms with E-state index in [0.717, 1.165) is 34.3 Å². The van der Waals surface area contributed by atoms with Gasteiger partial charge in [0, 0.05) is 50.2 Å². The average molecular weight is 438 g/mol. The first-order valence-corrected chi connectivity index (χ1v) is 9.80. The van der Waals surface area contributed by atoms with Crippen LogP contribution in [0.2, 0.25) is 10.0 Å². The summed E-state index contributed by atoms with van der Waals surface area (Å²) < 4.78 is 7.15. The maximum Gasteiger partial charge on any atom is 0.0897 e. The topological polar surface area (TPSA) is 37.0 Å². The van der Waals surface area contributed by atoms with Crippen molar-refractivity contribution in [1.82, 2.24) is 4.98 Å². The van der Waals surface area contributed by atoms with Gasteiger partial charge in [0.2, 0.25) is 0 Å². The number of aromatic amines is 1. The molecule has 0 aliphatic carbocycles. The predicted molar refractivity (Wildman–Crippen MR) is 106 cm³/mol. The van der Waals surface area contributed by atoms with E-state index in [-0.39, 0.29) is 12.1 Å². The van der Waals surface area contributed by atoms with Crippen LogP contribution in [-0.4, -0.2) is 11.6 Å². The Morgan fingerprint density at radius 2 is 2.00 bits per heavy atom. The third-order valence-electron chi connectivity index (χ3n) is 5.27. The molecule has 0 saturated carbocycles. The van der Waals surface area contributed by atoms with Crippen LogP contribution in [0, 0.1) is 5.92 Å². The second-order valence-electron chi connectivity index (χ2n) is 6.65. The van der Waals surface area contributed by atoms with Crippen LogP contribution in [0.5, 0.6) is 0 Å². The van der Waals surface area contributed by atoms with E-state index in [9.17, 15) is 0 Å². The van der Waals surface area contributed by atoms with Crippen LogP contribution in [0.4, 0.5) is 5.69 Å². The number of H-pyrrole nitrogens is 1. The number of fused-ring (bicyclic) bond motifs is 4. The van der Waals surface area contributed by atoms with Gasteiger partial charge >= 0.3 is 0 Å². The summed E-state index contributed by atoms with van der Waals surface area (Å²) in [5.74, 6) is 0.347. The van der Waals surface area contributed by atoms with Gasteiger partial charge in [0.1, 0.15) is 0 Å². The second kappa shape index (κ2) is 5.92. The van der Waals surface area contributed by atoms with Crippen molar-refractivity contribution in [2.45, 2.75) is 18.6 Å². The zero-order valence-electron chi connectivity index (χ0n) is 13.2. The average Bonchev–Trinajstić information content (AvgIpc) is 3.21. The number of halogens is 3. The van der Waals surface area contributed by atoms with Crippen LogP contribution in [0.3, 0.4) is 0 Å². The first-order chi connectivity index (χ1) is 12.1. The molecule has 128 valence electrons. The molecular weight excluding hydrogens is 423 g/mol. The highest BCUT2D eigenvalue weighted by molar-refractivity contribution is 9.10. The third kappa shape index (κ3) is 2.50. The molecule has 2 aliphatic rings. The lowest BCUT2D eigenvalue weighted by atomic mass is 9.81. The molecule has 2 N–H and O–H groups in total. The maximum absolute atomic E-state index is 6.49. The summed E-state index contributed by atoms with van der Waals surface area (Å²) in [5.41, 5.74) is 4.37. The first-order valence-electron chi connectivity index (χ1n) is 8.25. The summed E-state index contributed by atoms with van der Waals surface area (Å²) in [5, 5.41) is 6.17. The van der Waals surface area contributed by atoms with Crippen LogP contribution < -0.4 is 5.32 Å². The fourth-order valence-corrected chi connectivity index (χ4v) is 5.11. The number of nitrogens with one attached hydrogen (secondary N) is 2. The quantitative estimate of drug-likeness (QED) is 0.457. The minimum absolute atomic E-state index is 0.0227. The summed E-state index contributed by atoms with van der Waals surface area (Å²) in [6, 6.07) is 10.2. The van der Waals surface area contributed by atoms with Crippen LogP contribution in [0.1, 0.15) is 29.7 Å². The summed E-state index contributed by atoms with van der Waals surface area (Å²) in [6.07, 6.45) is 3.13. The molecule has 3 heterocycles. The molecule has 3 nitrogen and oxygen atoms in total. The van der Waals surface area contributed by atoms with Crippen LogP contribution in [-0.2, 0) is 4.74 Å². The lowest BCUT2D eigenvalue weighted by Gasteiger charge is -2.36. The van der Waals surface area contributed by atoms with E-state index in [1.807, 2.05) is 12.1 Å². The number of benzene rings is 2. The van der Waals surface area contributed by atoms with Crippen molar-refractivity contribution in [2.24, 2.45) is 5.92 Å². The Bertz CT molecular complexity index is 987. The number of ether oxygens (including phenoxy) is 1. The van der Waals surface area contributed by atoms with Crippen molar-refractivity contribution in [2.75, 3.05) is 11.9 Å². The van der Waals surface area contributed by atoms with Gasteiger partial charge in [0.25, 0.3) is 0 Å². The zero-order valence-corrected chi connectivity index (χ0v) is 16.3. The van der Waals surface area contributed by atoms with Crippen LogP contribution in [0.15, 0.2) is 41.0 Å². The molecule has 6 heteroatoms. The summed E-state index contributed by atoms with van der Waals surface area (Å²) in [7, 11) is 0. The molecule has 0 amide bonds. The number of rotatable bonds is 1. The molecule has 3 aromatic rings. The monoisotopic (exact) mass is 436 g/mol. The van der Waals surface area contributed by atoms with Crippen LogP contribution >= 0.6 is 39.1 Å². The molecule has 0 radical (unpaired) electrons. The van der Waals surface area contributed by atoms with E-state index in [4.69, 9.17) is 27.9 Å². The largest absolute Gasteiger partial charge is 0.376 e. The van der Waals surface area contributed by atoms with Gasteiger partial charge < -0.3 is 15.0 Å². The van der Waals surface area contributed by atoms with E-state index in [2.05, 4.69) is 44.6 Å². The lowest BCUT2D eigenvalue weighted by molar-refractivity contribution is 0.0831. The van der Waals surface area contributed by atoms with Gasteiger partial charge in [0.05, 0.1) is 22.9 Å².